The third-order valence-corrected chi connectivity index (χ3v) is 3.60. The maximum absolute atomic E-state index is 12.0. The van der Waals surface area contributed by atoms with Gasteiger partial charge in [0.25, 0.3) is 5.56 Å². The normalized spacial score (nSPS) is 10.6. The average Bonchev–Trinajstić information content (AvgIpc) is 2.57. The van der Waals surface area contributed by atoms with Gasteiger partial charge in [0.05, 0.1) is 25.4 Å². The van der Waals surface area contributed by atoms with Crippen LogP contribution in [0.5, 0.6) is 0 Å². The minimum absolute atomic E-state index is 0.0764. The summed E-state index contributed by atoms with van der Waals surface area (Å²) in [7, 11) is 1.56. The molecule has 0 aliphatic rings. The Morgan fingerprint density at radius 2 is 2.00 bits per heavy atom. The van der Waals surface area contributed by atoms with Crippen molar-refractivity contribution in [2.45, 2.75) is 6.54 Å². The lowest BCUT2D eigenvalue weighted by molar-refractivity contribution is -0.121. The molecular weight excluding hydrogens is 332 g/mol. The van der Waals surface area contributed by atoms with E-state index in [1.807, 2.05) is 18.2 Å². The minimum atomic E-state index is -0.297. The van der Waals surface area contributed by atoms with Gasteiger partial charge in [0.2, 0.25) is 5.91 Å². The average molecular weight is 351 g/mol. The third-order valence-electron chi connectivity index (χ3n) is 3.23. The number of hydrogen-bond donors (Lipinski definition) is 1. The molecule has 1 heterocycles. The predicted octanol–water partition coefficient (Wildman–Crippen LogP) is 2.15. The van der Waals surface area contributed by atoms with E-state index in [2.05, 4.69) is 5.32 Å². The molecule has 1 aromatic heterocycles. The maximum Gasteiger partial charge on any atom is 0.250 e. The zero-order valence-corrected chi connectivity index (χ0v) is 14.1. The zero-order valence-electron chi connectivity index (χ0n) is 13.3. The first-order valence-corrected chi connectivity index (χ1v) is 7.78. The molecule has 0 fully saturated rings. The van der Waals surface area contributed by atoms with E-state index >= 15 is 0 Å². The Morgan fingerprint density at radius 3 is 2.75 bits per heavy atom. The monoisotopic (exact) mass is 350 g/mol. The predicted molar refractivity (Wildman–Crippen MR) is 92.6 cm³/mol. The number of methoxy groups -OCH3 is 1. The van der Waals surface area contributed by atoms with Crippen molar-refractivity contribution in [3.05, 3.63) is 63.5 Å². The SMILES string of the molecule is COCCOCC(=O)Nc1ccc(=O)n(Cc2ccccc2Cl)c1. The second-order valence-electron chi connectivity index (χ2n) is 5.07. The van der Waals surface area contributed by atoms with Gasteiger partial charge in [-0.1, -0.05) is 29.8 Å². The van der Waals surface area contributed by atoms with Gasteiger partial charge in [-0.3, -0.25) is 9.59 Å². The van der Waals surface area contributed by atoms with Gasteiger partial charge >= 0.3 is 0 Å². The summed E-state index contributed by atoms with van der Waals surface area (Å²) in [6.07, 6.45) is 1.58. The van der Waals surface area contributed by atoms with Gasteiger partial charge in [-0.15, -0.1) is 0 Å². The lowest BCUT2D eigenvalue weighted by Crippen LogP contribution is -2.23. The highest BCUT2D eigenvalue weighted by atomic mass is 35.5. The first kappa shape index (κ1) is 18.2. The molecule has 0 spiro atoms. The summed E-state index contributed by atoms with van der Waals surface area (Å²) in [5.41, 5.74) is 1.17. The van der Waals surface area contributed by atoms with Crippen molar-refractivity contribution in [3.8, 4) is 0 Å². The lowest BCUT2D eigenvalue weighted by Gasteiger charge is -2.11. The summed E-state index contributed by atoms with van der Waals surface area (Å²) < 4.78 is 11.5. The molecule has 2 aromatic rings. The van der Waals surface area contributed by atoms with E-state index in [1.54, 1.807) is 25.4 Å². The molecule has 1 aromatic carbocycles. The van der Waals surface area contributed by atoms with Gasteiger partial charge in [-0.25, -0.2) is 0 Å². The maximum atomic E-state index is 12.0. The molecule has 1 amide bonds. The number of ether oxygens (including phenoxy) is 2. The smallest absolute Gasteiger partial charge is 0.250 e. The number of amides is 1. The van der Waals surface area contributed by atoms with Crippen LogP contribution in [0.15, 0.2) is 47.4 Å². The minimum Gasteiger partial charge on any atom is -0.382 e. The fourth-order valence-corrected chi connectivity index (χ4v) is 2.24. The van der Waals surface area contributed by atoms with E-state index in [0.29, 0.717) is 30.5 Å². The van der Waals surface area contributed by atoms with Gasteiger partial charge in [0.1, 0.15) is 6.61 Å². The number of carbonyl (C=O) groups excluding carboxylic acids is 1. The summed E-state index contributed by atoms with van der Waals surface area (Å²) in [6.45, 7) is 1.02. The van der Waals surface area contributed by atoms with Crippen molar-refractivity contribution in [1.29, 1.82) is 0 Å². The molecule has 0 saturated carbocycles. The zero-order chi connectivity index (χ0) is 17.4. The van der Waals surface area contributed by atoms with Crippen LogP contribution in [0.1, 0.15) is 5.56 Å². The number of nitrogens with one attached hydrogen (secondary N) is 1. The van der Waals surface area contributed by atoms with E-state index in [4.69, 9.17) is 21.1 Å². The molecule has 1 N–H and O–H groups in total. The van der Waals surface area contributed by atoms with Crippen molar-refractivity contribution in [2.75, 3.05) is 32.2 Å². The van der Waals surface area contributed by atoms with Crippen LogP contribution in [-0.4, -0.2) is 37.4 Å². The van der Waals surface area contributed by atoms with Gasteiger partial charge in [0, 0.05) is 24.4 Å². The van der Waals surface area contributed by atoms with Crippen LogP contribution in [0.4, 0.5) is 5.69 Å². The molecule has 0 atom stereocenters. The molecule has 0 aliphatic carbocycles. The number of carbonyl (C=O) groups is 1. The Hall–Kier alpha value is -2.15. The van der Waals surface area contributed by atoms with Crippen LogP contribution in [0.3, 0.4) is 0 Å². The number of pyridine rings is 1. The molecule has 0 bridgehead atoms. The van der Waals surface area contributed by atoms with Crippen LogP contribution in [0, 0.1) is 0 Å². The van der Waals surface area contributed by atoms with Crippen LogP contribution in [-0.2, 0) is 20.8 Å². The van der Waals surface area contributed by atoms with Crippen LogP contribution >= 0.6 is 11.6 Å². The number of halogens is 1. The molecule has 0 unspecified atom stereocenters. The topological polar surface area (TPSA) is 69.6 Å². The van der Waals surface area contributed by atoms with Crippen LogP contribution < -0.4 is 10.9 Å². The number of rotatable bonds is 8. The Kier molecular flexibility index (Phi) is 6.99. The highest BCUT2D eigenvalue weighted by Gasteiger charge is 2.06. The van der Waals surface area contributed by atoms with Crippen molar-refractivity contribution >= 4 is 23.2 Å². The van der Waals surface area contributed by atoms with E-state index in [-0.39, 0.29) is 18.1 Å². The van der Waals surface area contributed by atoms with Crippen LogP contribution in [0.25, 0.3) is 0 Å². The van der Waals surface area contributed by atoms with Crippen molar-refractivity contribution in [3.63, 3.8) is 0 Å². The molecule has 128 valence electrons. The molecule has 24 heavy (non-hydrogen) atoms. The highest BCUT2D eigenvalue weighted by molar-refractivity contribution is 6.31. The first-order chi connectivity index (χ1) is 11.6. The summed E-state index contributed by atoms with van der Waals surface area (Å²) in [5, 5.41) is 3.28. The molecule has 0 saturated heterocycles. The standard InChI is InChI=1S/C17H19ClN2O4/c1-23-8-9-24-12-16(21)19-14-6-7-17(22)20(11-14)10-13-4-2-3-5-15(13)18/h2-7,11H,8-10,12H2,1H3,(H,19,21). The molecule has 2 rings (SSSR count). The molecule has 0 radical (unpaired) electrons. The number of hydrogen-bond acceptors (Lipinski definition) is 4. The van der Waals surface area contributed by atoms with Gasteiger partial charge in [0.15, 0.2) is 0 Å². The second kappa shape index (κ2) is 9.22. The fraction of sp³-hybridized carbons (Fsp3) is 0.294. The van der Waals surface area contributed by atoms with Gasteiger partial charge in [-0.05, 0) is 17.7 Å². The molecular formula is C17H19ClN2O4. The number of aromatic nitrogens is 1. The molecule has 6 nitrogen and oxygen atoms in total. The third kappa shape index (κ3) is 5.49. The number of benzene rings is 1. The van der Waals surface area contributed by atoms with Gasteiger partial charge in [-0.2, -0.15) is 0 Å². The van der Waals surface area contributed by atoms with E-state index in [0.717, 1.165) is 5.56 Å². The quantitative estimate of drug-likeness (QED) is 0.741. The van der Waals surface area contributed by atoms with E-state index in [9.17, 15) is 9.59 Å². The number of nitrogens with zero attached hydrogens (tertiary/aromatic N) is 1. The van der Waals surface area contributed by atoms with Crippen LogP contribution in [0.2, 0.25) is 5.02 Å². The summed E-state index contributed by atoms with van der Waals surface area (Å²) in [4.78, 5) is 23.8. The highest BCUT2D eigenvalue weighted by Crippen LogP contribution is 2.16. The summed E-state index contributed by atoms with van der Waals surface area (Å²) in [5.74, 6) is -0.297. The Balaban J connectivity index is 2.02. The van der Waals surface area contributed by atoms with E-state index in [1.165, 1.54) is 10.6 Å². The Bertz CT molecular complexity index is 745. The molecule has 7 heteroatoms. The lowest BCUT2D eigenvalue weighted by atomic mass is 10.2. The molecule has 0 aliphatic heterocycles. The van der Waals surface area contributed by atoms with E-state index < -0.39 is 0 Å². The second-order valence-corrected chi connectivity index (χ2v) is 5.48. The van der Waals surface area contributed by atoms with Gasteiger partial charge < -0.3 is 19.4 Å². The fourth-order valence-electron chi connectivity index (χ4n) is 2.04. The Labute approximate surface area is 145 Å². The summed E-state index contributed by atoms with van der Waals surface area (Å²) >= 11 is 6.12. The largest absolute Gasteiger partial charge is 0.382 e. The van der Waals surface area contributed by atoms with Crippen molar-refractivity contribution in [1.82, 2.24) is 4.57 Å². The van der Waals surface area contributed by atoms with Crippen molar-refractivity contribution in [2.24, 2.45) is 0 Å². The van der Waals surface area contributed by atoms with Crippen molar-refractivity contribution < 1.29 is 14.3 Å². The first-order valence-electron chi connectivity index (χ1n) is 7.40. The number of anilines is 1. The Morgan fingerprint density at radius 1 is 1.21 bits per heavy atom. The summed E-state index contributed by atoms with van der Waals surface area (Å²) in [6, 6.07) is 10.3.